The molecule has 0 radical (unpaired) electrons. The second-order valence-corrected chi connectivity index (χ2v) is 18.8. The second-order valence-electron chi connectivity index (χ2n) is 18.8. The molecule has 68 heavy (non-hydrogen) atoms. The van der Waals surface area contributed by atoms with Crippen molar-refractivity contribution in [2.45, 2.75) is 49.6 Å². The average molecular weight is 881 g/mol. The second kappa shape index (κ2) is 15.9. The normalized spacial score (nSPS) is 21.8. The lowest BCUT2D eigenvalue weighted by Gasteiger charge is -2.54. The summed E-state index contributed by atoms with van der Waals surface area (Å²) in [6.45, 7) is -0.0643. The fraction of sp³-hybridized carbons (Fsp3) is 0.136. The molecule has 4 atom stereocenters. The highest BCUT2D eigenvalue weighted by Gasteiger charge is 2.54. The van der Waals surface area contributed by atoms with Crippen molar-refractivity contribution in [1.82, 2.24) is 4.98 Å². The number of nitrogens with zero attached hydrogens (tertiary/aromatic N) is 4. The highest BCUT2D eigenvalue weighted by atomic mass is 16.5. The van der Waals surface area contributed by atoms with Crippen molar-refractivity contribution in [3.63, 3.8) is 0 Å². The summed E-state index contributed by atoms with van der Waals surface area (Å²) in [5.74, 6) is 4.70. The third kappa shape index (κ3) is 6.25. The van der Waals surface area contributed by atoms with Crippen LogP contribution in [0, 0.1) is 0 Å². The van der Waals surface area contributed by atoms with Crippen LogP contribution < -0.4 is 45.3 Å². The Hall–Kier alpha value is -7.90. The van der Waals surface area contributed by atoms with Gasteiger partial charge in [-0.05, 0) is 108 Å². The lowest BCUT2D eigenvalue weighted by molar-refractivity contribution is 0.389. The summed E-state index contributed by atoms with van der Waals surface area (Å²) in [4.78, 5) is 13.0. The summed E-state index contributed by atoms with van der Waals surface area (Å²) in [6.07, 6.45) is 28.6. The van der Waals surface area contributed by atoms with E-state index in [1.807, 2.05) is 0 Å². The van der Waals surface area contributed by atoms with Crippen LogP contribution in [0.5, 0.6) is 23.3 Å². The molecule has 1 saturated heterocycles. The number of pyridine rings is 1. The zero-order chi connectivity index (χ0) is 44.7. The summed E-state index contributed by atoms with van der Waals surface area (Å²) < 4.78 is 21.4. The number of benzene rings is 5. The molecule has 6 aromatic rings. The predicted octanol–water partition coefficient (Wildman–Crippen LogP) is 11.1. The molecule has 9 heteroatoms. The number of rotatable bonds is 7. The minimum atomic E-state index is -0.0887. The van der Waals surface area contributed by atoms with Gasteiger partial charge in [0.1, 0.15) is 23.0 Å². The van der Waals surface area contributed by atoms with E-state index in [0.29, 0.717) is 11.8 Å². The van der Waals surface area contributed by atoms with Gasteiger partial charge in [-0.25, -0.2) is 0 Å². The van der Waals surface area contributed by atoms with Crippen LogP contribution in [0.25, 0.3) is 0 Å². The van der Waals surface area contributed by atoms with Crippen LogP contribution in [-0.2, 0) is 0 Å². The van der Waals surface area contributed by atoms with E-state index in [4.69, 9.17) is 19.2 Å². The van der Waals surface area contributed by atoms with Gasteiger partial charge in [0.2, 0.25) is 18.5 Å². The van der Waals surface area contributed by atoms with Crippen LogP contribution in [0.2, 0.25) is 5.82 Å². The van der Waals surface area contributed by atoms with Crippen molar-refractivity contribution in [3.05, 3.63) is 235 Å². The molecule has 4 aliphatic carbocycles. The van der Waals surface area contributed by atoms with Crippen molar-refractivity contribution >= 4 is 58.3 Å². The monoisotopic (exact) mass is 880 g/mol. The minimum absolute atomic E-state index is 0.0216. The topological polar surface area (TPSA) is 50.3 Å². The largest absolute Gasteiger partial charge is 0.459 e. The predicted molar refractivity (Wildman–Crippen MR) is 276 cm³/mol. The lowest BCUT2D eigenvalue weighted by Crippen LogP contribution is -2.64. The summed E-state index contributed by atoms with van der Waals surface area (Å²) in [5.41, 5.74) is 12.5. The van der Waals surface area contributed by atoms with Crippen molar-refractivity contribution < 1.29 is 14.2 Å². The molecule has 1 aromatic heterocycles. The number of ether oxygens (including phenoxy) is 3. The summed E-state index contributed by atoms with van der Waals surface area (Å²) in [5, 5.41) is 0. The Morgan fingerprint density at radius 2 is 1.29 bits per heavy atom. The Labute approximate surface area is 397 Å². The van der Waals surface area contributed by atoms with Gasteiger partial charge >= 0.3 is 0 Å². The summed E-state index contributed by atoms with van der Waals surface area (Å²) in [6, 6.07) is 49.8. The molecule has 14 rings (SSSR count). The highest BCUT2D eigenvalue weighted by molar-refractivity contribution is 6.94. The first-order chi connectivity index (χ1) is 33.7. The number of hydrogen-bond acceptors (Lipinski definition) is 7. The summed E-state index contributed by atoms with van der Waals surface area (Å²) in [7, 11) is 0. The quantitative estimate of drug-likeness (QED) is 0.148. The van der Waals surface area contributed by atoms with Crippen LogP contribution in [0.1, 0.15) is 25.7 Å². The van der Waals surface area contributed by atoms with Gasteiger partial charge in [-0.15, -0.1) is 0 Å². The molecule has 1 fully saturated rings. The van der Waals surface area contributed by atoms with Gasteiger partial charge in [0.15, 0.2) is 0 Å². The van der Waals surface area contributed by atoms with Crippen LogP contribution >= 0.6 is 0 Å². The fourth-order valence-electron chi connectivity index (χ4n) is 12.3. The van der Waals surface area contributed by atoms with E-state index in [9.17, 15) is 0 Å². The van der Waals surface area contributed by atoms with Crippen molar-refractivity contribution in [2.75, 3.05) is 14.7 Å². The number of anilines is 5. The Balaban J connectivity index is 0.953. The molecule has 8 aliphatic rings. The number of fused-ring (bicyclic) bond motifs is 7. The molecule has 0 amide bonds. The van der Waals surface area contributed by atoms with E-state index in [-0.39, 0.29) is 37.4 Å². The Morgan fingerprint density at radius 1 is 0.618 bits per heavy atom. The zero-order valence-corrected chi connectivity index (χ0v) is 37.4. The van der Waals surface area contributed by atoms with Crippen LogP contribution in [0.4, 0.5) is 28.4 Å². The van der Waals surface area contributed by atoms with E-state index in [2.05, 4.69) is 221 Å². The molecular weight excluding hydrogens is 834 g/mol. The Morgan fingerprint density at radius 3 is 2.03 bits per heavy atom. The van der Waals surface area contributed by atoms with Crippen molar-refractivity contribution in [2.24, 2.45) is 0 Å². The van der Waals surface area contributed by atoms with Crippen LogP contribution in [-0.4, -0.2) is 36.5 Å². The molecule has 0 spiro atoms. The van der Waals surface area contributed by atoms with Gasteiger partial charge in [0.05, 0.1) is 17.8 Å². The van der Waals surface area contributed by atoms with Crippen LogP contribution in [0.3, 0.4) is 0 Å². The average Bonchev–Trinajstić information content (AvgIpc) is 3.39. The molecule has 7 nitrogen and oxygen atoms in total. The van der Waals surface area contributed by atoms with E-state index in [0.717, 1.165) is 82.2 Å². The van der Waals surface area contributed by atoms with Gasteiger partial charge in [-0.3, -0.25) is 0 Å². The van der Waals surface area contributed by atoms with E-state index in [1.165, 1.54) is 28.0 Å². The maximum atomic E-state index is 7.31. The number of hydrogen-bond donors (Lipinski definition) is 0. The first-order valence-electron chi connectivity index (χ1n) is 24.1. The van der Waals surface area contributed by atoms with Gasteiger partial charge in [0, 0.05) is 58.5 Å². The Bertz CT molecular complexity index is 3230. The highest BCUT2D eigenvalue weighted by Crippen LogP contribution is 2.50. The van der Waals surface area contributed by atoms with E-state index < -0.39 is 0 Å². The van der Waals surface area contributed by atoms with Gasteiger partial charge in [-0.2, -0.15) is 4.98 Å². The Kier molecular flexibility index (Phi) is 9.17. The van der Waals surface area contributed by atoms with Gasteiger partial charge < -0.3 is 28.9 Å². The standard InChI is InChI=1S/C59H46B2N4O3/c1-6-20-39(21-7-1)63(40-22-8-2-9-23-40)44-34-51-56-53(35-44)67-58-48(60(56)46-30-16-18-32-50(46)65(51)43-28-14-5-15-29-43)38-49-59(62-58)68-55-37-45(36-54-57(55)61(49)47-31-17-19-33-52(47)66-54)64(41-24-10-3-11-25-41)42-26-12-4-13-27-42/h1-16,18-22,24-30,32-33,35-38,40,46,50-51H,17,23,31,34H2. The first kappa shape index (κ1) is 39.3. The summed E-state index contributed by atoms with van der Waals surface area (Å²) >= 11 is 0. The maximum absolute atomic E-state index is 7.31. The molecule has 4 unspecified atom stereocenters. The molecular formula is C59H46B2N4O3. The molecule has 326 valence electrons. The molecule has 0 N–H and O–H groups in total. The van der Waals surface area contributed by atoms with E-state index in [1.54, 1.807) is 0 Å². The smallest absolute Gasteiger partial charge is 0.258 e. The molecule has 5 heterocycles. The number of allylic oxidation sites excluding steroid dienone is 8. The van der Waals surface area contributed by atoms with Gasteiger partial charge in [0.25, 0.3) is 6.71 Å². The van der Waals surface area contributed by atoms with Gasteiger partial charge in [-0.1, -0.05) is 134 Å². The molecule has 0 saturated carbocycles. The third-order valence-electron chi connectivity index (χ3n) is 15.0. The SMILES string of the molecule is C1=CCC(N(C2=CC3=C4B(c5cc6c(nc5O3)Oc3cc(N(c5ccccc5)c5ccccc5)cc5c3B6C3=C(C=CCC3)O5)C3C=CC=CC3N(c3ccccc3)C4C2)c2ccccc2)C=C1. The van der Waals surface area contributed by atoms with Crippen molar-refractivity contribution in [3.8, 4) is 23.3 Å². The molecule has 5 aromatic carbocycles. The number of para-hydroxylation sites is 4. The van der Waals surface area contributed by atoms with E-state index >= 15 is 0 Å². The number of aromatic nitrogens is 1. The minimum Gasteiger partial charge on any atom is -0.459 e. The maximum Gasteiger partial charge on any atom is 0.258 e. The lowest BCUT2D eigenvalue weighted by atomic mass is 9.27. The first-order valence-corrected chi connectivity index (χ1v) is 24.1. The third-order valence-corrected chi connectivity index (χ3v) is 15.0. The fourth-order valence-corrected chi connectivity index (χ4v) is 12.3. The van der Waals surface area contributed by atoms with Crippen molar-refractivity contribution in [1.29, 1.82) is 0 Å². The van der Waals surface area contributed by atoms with Crippen LogP contribution in [0.15, 0.2) is 235 Å². The molecule has 0 bridgehead atoms. The zero-order valence-electron chi connectivity index (χ0n) is 37.4. The molecule has 4 aliphatic heterocycles.